The molecule has 0 saturated carbocycles. The summed E-state index contributed by atoms with van der Waals surface area (Å²) in [4.78, 5) is 27.0. The molecule has 1 heterocycles. The Hall–Kier alpha value is -3.59. The summed E-state index contributed by atoms with van der Waals surface area (Å²) in [5.74, 6) is -0.415. The van der Waals surface area contributed by atoms with Crippen LogP contribution in [0.25, 0.3) is 16.8 Å². The summed E-state index contributed by atoms with van der Waals surface area (Å²) in [6.07, 6.45) is 1.47. The summed E-state index contributed by atoms with van der Waals surface area (Å²) in [6, 6.07) is 25.6. The van der Waals surface area contributed by atoms with Crippen LogP contribution in [0.15, 0.2) is 101 Å². The van der Waals surface area contributed by atoms with Gasteiger partial charge in [0.1, 0.15) is 10.6 Å². The van der Waals surface area contributed by atoms with E-state index in [4.69, 9.17) is 15.8 Å². The first kappa shape index (κ1) is 24.1. The highest BCUT2D eigenvalue weighted by Gasteiger charge is 2.35. The summed E-state index contributed by atoms with van der Waals surface area (Å²) >= 11 is 6.65. The van der Waals surface area contributed by atoms with Gasteiger partial charge < -0.3 is 4.18 Å². The molecule has 1 aliphatic heterocycles. The van der Waals surface area contributed by atoms with Crippen molar-refractivity contribution in [3.05, 3.63) is 112 Å². The van der Waals surface area contributed by atoms with Crippen LogP contribution in [0.2, 0.25) is 5.02 Å². The highest BCUT2D eigenvalue weighted by molar-refractivity contribution is 8.18. The van der Waals surface area contributed by atoms with Crippen molar-refractivity contribution in [2.75, 3.05) is 0 Å². The largest absolute Gasteiger partial charge is 0.378 e. The fourth-order valence-corrected chi connectivity index (χ4v) is 5.65. The van der Waals surface area contributed by atoms with Gasteiger partial charge in [0, 0.05) is 10.6 Å². The number of thioether (sulfide) groups is 1. The number of hydrogen-bond acceptors (Lipinski definition) is 6. The molecule has 0 radical (unpaired) electrons. The molecule has 9 heteroatoms. The number of nitrogens with zero attached hydrogens (tertiary/aromatic N) is 1. The molecule has 0 aromatic heterocycles. The number of halogens is 1. The Kier molecular flexibility index (Phi) is 6.57. The molecule has 4 aromatic rings. The molecule has 1 aliphatic rings. The number of carbonyl (C=O) groups is 2. The Morgan fingerprint density at radius 3 is 2.33 bits per heavy atom. The van der Waals surface area contributed by atoms with Crippen LogP contribution in [0.4, 0.5) is 4.79 Å². The summed E-state index contributed by atoms with van der Waals surface area (Å²) in [7, 11) is -4.14. The van der Waals surface area contributed by atoms with Crippen LogP contribution in [0.1, 0.15) is 11.1 Å². The van der Waals surface area contributed by atoms with Crippen LogP contribution in [0.5, 0.6) is 5.75 Å². The van der Waals surface area contributed by atoms with E-state index >= 15 is 0 Å². The number of benzene rings is 4. The van der Waals surface area contributed by atoms with Crippen LogP contribution < -0.4 is 4.18 Å². The fraction of sp³-hybridized carbons (Fsp3) is 0.0370. The fourth-order valence-electron chi connectivity index (χ4n) is 3.74. The third-order valence-corrected chi connectivity index (χ3v) is 7.94. The monoisotopic (exact) mass is 535 g/mol. The Morgan fingerprint density at radius 2 is 1.56 bits per heavy atom. The van der Waals surface area contributed by atoms with Crippen molar-refractivity contribution < 1.29 is 22.2 Å². The lowest BCUT2D eigenvalue weighted by atomic mass is 10.1. The Labute approximate surface area is 217 Å². The first-order chi connectivity index (χ1) is 17.3. The molecule has 2 amide bonds. The summed E-state index contributed by atoms with van der Waals surface area (Å²) < 4.78 is 30.9. The number of rotatable bonds is 6. The number of hydrogen-bond donors (Lipinski definition) is 0. The van der Waals surface area contributed by atoms with Crippen molar-refractivity contribution in [2.45, 2.75) is 11.4 Å². The van der Waals surface area contributed by atoms with Crippen LogP contribution in [-0.2, 0) is 21.5 Å². The molecule has 0 unspecified atom stereocenters. The lowest BCUT2D eigenvalue weighted by molar-refractivity contribution is -0.123. The van der Waals surface area contributed by atoms with Gasteiger partial charge in [-0.3, -0.25) is 14.5 Å². The summed E-state index contributed by atoms with van der Waals surface area (Å²) in [5.41, 5.74) is 1.18. The summed E-state index contributed by atoms with van der Waals surface area (Å²) in [5, 5.41) is 2.09. The smallest absolute Gasteiger partial charge is 0.339 e. The van der Waals surface area contributed by atoms with Crippen LogP contribution in [0.3, 0.4) is 0 Å². The second-order valence-corrected chi connectivity index (χ2v) is 11.0. The molecule has 36 heavy (non-hydrogen) atoms. The molecule has 0 spiro atoms. The molecular formula is C27H18ClNO5S2. The number of amides is 2. The second kappa shape index (κ2) is 9.81. The zero-order chi connectivity index (χ0) is 25.3. The van der Waals surface area contributed by atoms with E-state index in [2.05, 4.69) is 0 Å². The zero-order valence-corrected chi connectivity index (χ0v) is 21.0. The maximum absolute atomic E-state index is 13.1. The minimum Gasteiger partial charge on any atom is -0.378 e. The average Bonchev–Trinajstić information content (AvgIpc) is 3.12. The molecule has 6 nitrogen and oxygen atoms in total. The SMILES string of the molecule is O=C1S/C(=C\c2ccccc2OS(=O)(=O)c2ccc(Cl)cc2)C(=O)N1Cc1ccc2ccccc2c1. The van der Waals surface area contributed by atoms with E-state index in [0.29, 0.717) is 10.6 Å². The molecule has 0 bridgehead atoms. The first-order valence-corrected chi connectivity index (χ1v) is 13.4. The van der Waals surface area contributed by atoms with Crippen molar-refractivity contribution in [3.8, 4) is 5.75 Å². The van der Waals surface area contributed by atoms with Crippen molar-refractivity contribution in [2.24, 2.45) is 0 Å². The van der Waals surface area contributed by atoms with Crippen LogP contribution in [-0.4, -0.2) is 24.5 Å². The van der Waals surface area contributed by atoms with E-state index in [-0.39, 0.29) is 22.1 Å². The molecular weight excluding hydrogens is 518 g/mol. The second-order valence-electron chi connectivity index (χ2n) is 7.98. The zero-order valence-electron chi connectivity index (χ0n) is 18.6. The molecule has 4 aromatic carbocycles. The van der Waals surface area contributed by atoms with Crippen molar-refractivity contribution in [3.63, 3.8) is 0 Å². The number of para-hydroxylation sites is 1. The minimum atomic E-state index is -4.14. The van der Waals surface area contributed by atoms with E-state index < -0.39 is 21.3 Å². The molecule has 0 aliphatic carbocycles. The summed E-state index contributed by atoms with van der Waals surface area (Å²) in [6.45, 7) is 0.135. The van der Waals surface area contributed by atoms with E-state index in [0.717, 1.165) is 28.1 Å². The van der Waals surface area contributed by atoms with Gasteiger partial charge in [0.2, 0.25) is 0 Å². The molecule has 1 fully saturated rings. The van der Waals surface area contributed by atoms with Crippen LogP contribution in [0, 0.1) is 0 Å². The third-order valence-electron chi connectivity index (χ3n) is 5.54. The standard InChI is InChI=1S/C27H18ClNO5S2/c28-22-11-13-23(14-12-22)36(32,33)34-24-8-4-3-7-21(24)16-25-26(30)29(27(31)35-25)17-18-9-10-19-5-1-2-6-20(19)15-18/h1-16H,17H2/b25-16-. The van der Waals surface area contributed by atoms with Crippen molar-refractivity contribution >= 4 is 61.5 Å². The topological polar surface area (TPSA) is 80.8 Å². The van der Waals surface area contributed by atoms with Gasteiger partial charge in [-0.05, 0) is 70.6 Å². The maximum Gasteiger partial charge on any atom is 0.339 e. The first-order valence-electron chi connectivity index (χ1n) is 10.8. The molecule has 1 saturated heterocycles. The van der Waals surface area contributed by atoms with Gasteiger partial charge in [-0.1, -0.05) is 66.2 Å². The normalized spacial score (nSPS) is 15.1. The quantitative estimate of drug-likeness (QED) is 0.207. The van der Waals surface area contributed by atoms with E-state index in [1.54, 1.807) is 18.2 Å². The molecule has 5 rings (SSSR count). The Bertz CT molecular complexity index is 1630. The van der Waals surface area contributed by atoms with Crippen molar-refractivity contribution in [1.82, 2.24) is 4.90 Å². The predicted molar refractivity (Wildman–Crippen MR) is 141 cm³/mol. The predicted octanol–water partition coefficient (Wildman–Crippen LogP) is 6.50. The van der Waals surface area contributed by atoms with Gasteiger partial charge in [0.15, 0.2) is 0 Å². The third kappa shape index (κ3) is 5.02. The lowest BCUT2D eigenvalue weighted by Gasteiger charge is -2.13. The van der Waals surface area contributed by atoms with E-state index in [9.17, 15) is 18.0 Å². The minimum absolute atomic E-state index is 0.0359. The van der Waals surface area contributed by atoms with E-state index in [1.807, 2.05) is 42.5 Å². The van der Waals surface area contributed by atoms with Crippen molar-refractivity contribution in [1.29, 1.82) is 0 Å². The van der Waals surface area contributed by atoms with Crippen LogP contribution >= 0.6 is 23.4 Å². The average molecular weight is 536 g/mol. The number of imide groups is 1. The number of carbonyl (C=O) groups excluding carboxylic acids is 2. The van der Waals surface area contributed by atoms with Gasteiger partial charge in [0.25, 0.3) is 11.1 Å². The van der Waals surface area contributed by atoms with Gasteiger partial charge in [-0.2, -0.15) is 8.42 Å². The van der Waals surface area contributed by atoms with Gasteiger partial charge in [-0.15, -0.1) is 0 Å². The van der Waals surface area contributed by atoms with Gasteiger partial charge >= 0.3 is 10.1 Å². The van der Waals surface area contributed by atoms with E-state index in [1.165, 1.54) is 41.3 Å². The van der Waals surface area contributed by atoms with Gasteiger partial charge in [-0.25, -0.2) is 0 Å². The molecule has 180 valence electrons. The highest BCUT2D eigenvalue weighted by atomic mass is 35.5. The molecule has 0 N–H and O–H groups in total. The lowest BCUT2D eigenvalue weighted by Crippen LogP contribution is -2.27. The van der Waals surface area contributed by atoms with Gasteiger partial charge in [0.05, 0.1) is 11.4 Å². The Balaban J connectivity index is 1.39. The Morgan fingerprint density at radius 1 is 0.861 bits per heavy atom. The molecule has 0 atom stereocenters. The highest BCUT2D eigenvalue weighted by Crippen LogP contribution is 2.35. The number of fused-ring (bicyclic) bond motifs is 1. The maximum atomic E-state index is 13.1.